The van der Waals surface area contributed by atoms with E-state index < -0.39 is 6.10 Å². The number of carbonyl (C=O) groups is 3. The van der Waals surface area contributed by atoms with Crippen LogP contribution in [0.1, 0.15) is 239 Å². The topological polar surface area (TPSA) is 78.9 Å². The van der Waals surface area contributed by atoms with E-state index in [2.05, 4.69) is 142 Å². The van der Waals surface area contributed by atoms with Crippen molar-refractivity contribution < 1.29 is 28.6 Å². The standard InChI is InChI=1S/C63H102O6/c1-4-7-10-13-16-19-21-23-25-26-27-28-29-30-31-32-33-34-35-36-38-39-41-44-47-50-53-56-62(65)68-59-60(58-67-61(64)55-52-49-46-43-18-15-12-9-6-3)69-63(66)57-54-51-48-45-42-40-37-24-22-20-17-14-11-8-5-2/h7,10,16-17,19-20,23-25,27-28,30-31,33-34,36-38,41,44,60H,4-6,8-9,11-15,18,21-22,26,29,32,35,39-40,42-43,45-59H2,1-3H3/b10-7-,19-16-,20-17-,25-23-,28-27-,31-30-,34-33-,37-24-,38-36-,44-41-. The molecule has 0 aromatic carbocycles. The summed E-state index contributed by atoms with van der Waals surface area (Å²) in [6, 6.07) is 0. The maximum absolute atomic E-state index is 12.8. The van der Waals surface area contributed by atoms with Gasteiger partial charge in [-0.25, -0.2) is 0 Å². The third kappa shape index (κ3) is 54.6. The van der Waals surface area contributed by atoms with E-state index in [1.54, 1.807) is 0 Å². The van der Waals surface area contributed by atoms with E-state index in [1.807, 2.05) is 0 Å². The monoisotopic (exact) mass is 955 g/mol. The Morgan fingerprint density at radius 3 is 0.942 bits per heavy atom. The second-order valence-corrected chi connectivity index (χ2v) is 18.1. The smallest absolute Gasteiger partial charge is 0.306 e. The van der Waals surface area contributed by atoms with Crippen molar-refractivity contribution >= 4 is 17.9 Å². The Hall–Kier alpha value is -4.19. The lowest BCUT2D eigenvalue weighted by molar-refractivity contribution is -0.167. The van der Waals surface area contributed by atoms with Crippen molar-refractivity contribution in [3.05, 3.63) is 122 Å². The highest BCUT2D eigenvalue weighted by Gasteiger charge is 2.19. The Labute approximate surface area is 424 Å². The Bertz CT molecular complexity index is 1470. The van der Waals surface area contributed by atoms with E-state index >= 15 is 0 Å². The van der Waals surface area contributed by atoms with Crippen LogP contribution in [0.3, 0.4) is 0 Å². The van der Waals surface area contributed by atoms with E-state index in [9.17, 15) is 14.4 Å². The molecular weight excluding hydrogens is 853 g/mol. The number of unbranched alkanes of at least 4 members (excludes halogenated alkanes) is 18. The second kappa shape index (κ2) is 56.4. The molecule has 0 fully saturated rings. The van der Waals surface area contributed by atoms with Crippen molar-refractivity contribution in [2.75, 3.05) is 13.2 Å². The highest BCUT2D eigenvalue weighted by Crippen LogP contribution is 2.13. The van der Waals surface area contributed by atoms with Crippen LogP contribution in [0.15, 0.2) is 122 Å². The average Bonchev–Trinajstić information content (AvgIpc) is 3.35. The molecule has 0 saturated carbocycles. The first-order chi connectivity index (χ1) is 34.0. The van der Waals surface area contributed by atoms with Gasteiger partial charge >= 0.3 is 17.9 Å². The minimum Gasteiger partial charge on any atom is -0.462 e. The van der Waals surface area contributed by atoms with Gasteiger partial charge < -0.3 is 14.2 Å². The van der Waals surface area contributed by atoms with Gasteiger partial charge in [0, 0.05) is 19.3 Å². The summed E-state index contributed by atoms with van der Waals surface area (Å²) in [5, 5.41) is 0. The molecule has 0 saturated heterocycles. The maximum Gasteiger partial charge on any atom is 0.306 e. The third-order valence-electron chi connectivity index (χ3n) is 11.5. The summed E-state index contributed by atoms with van der Waals surface area (Å²) < 4.78 is 16.7. The minimum absolute atomic E-state index is 0.0991. The number of esters is 3. The summed E-state index contributed by atoms with van der Waals surface area (Å²) in [7, 11) is 0. The number of ether oxygens (including phenoxy) is 3. The maximum atomic E-state index is 12.8. The molecule has 0 aromatic heterocycles. The molecule has 6 nitrogen and oxygen atoms in total. The molecule has 0 amide bonds. The molecule has 0 N–H and O–H groups in total. The molecule has 390 valence electrons. The molecule has 0 spiro atoms. The van der Waals surface area contributed by atoms with Crippen LogP contribution in [-0.2, 0) is 28.6 Å². The van der Waals surface area contributed by atoms with Crippen LogP contribution in [0.2, 0.25) is 0 Å². The van der Waals surface area contributed by atoms with E-state index in [0.717, 1.165) is 128 Å². The predicted molar refractivity (Wildman–Crippen MR) is 297 cm³/mol. The fourth-order valence-electron chi connectivity index (χ4n) is 7.25. The number of hydrogen-bond acceptors (Lipinski definition) is 6. The lowest BCUT2D eigenvalue weighted by Crippen LogP contribution is -2.30. The van der Waals surface area contributed by atoms with Gasteiger partial charge in [-0.2, -0.15) is 0 Å². The molecule has 1 unspecified atom stereocenters. The number of rotatable bonds is 49. The highest BCUT2D eigenvalue weighted by molar-refractivity contribution is 5.71. The van der Waals surface area contributed by atoms with Crippen LogP contribution < -0.4 is 0 Å². The van der Waals surface area contributed by atoms with E-state index in [0.29, 0.717) is 25.7 Å². The van der Waals surface area contributed by atoms with Crippen LogP contribution >= 0.6 is 0 Å². The minimum atomic E-state index is -0.804. The average molecular weight is 956 g/mol. The van der Waals surface area contributed by atoms with Crippen LogP contribution in [0.25, 0.3) is 0 Å². The zero-order chi connectivity index (χ0) is 50.0. The van der Waals surface area contributed by atoms with Gasteiger partial charge in [0.05, 0.1) is 0 Å². The molecule has 0 radical (unpaired) electrons. The van der Waals surface area contributed by atoms with Crippen molar-refractivity contribution in [2.24, 2.45) is 0 Å². The Morgan fingerprint density at radius 2 is 0.565 bits per heavy atom. The normalized spacial score (nSPS) is 13.0. The van der Waals surface area contributed by atoms with Crippen molar-refractivity contribution in [2.45, 2.75) is 245 Å². The SMILES string of the molecule is CC/C=C\C/C=C\C/C=C\C/C=C\C/C=C\C/C=C\C/C=C\C/C=C\CCCCC(=O)OCC(COC(=O)CCCCCCCCCCC)OC(=O)CCCCCCC/C=C\C/C=C\CCCCC. The Balaban J connectivity index is 4.38. The molecule has 1 atom stereocenters. The first-order valence-corrected chi connectivity index (χ1v) is 28.0. The van der Waals surface area contributed by atoms with Gasteiger partial charge in [-0.1, -0.05) is 226 Å². The molecule has 6 heteroatoms. The molecule has 0 bridgehead atoms. The number of allylic oxidation sites excluding steroid dienone is 20. The predicted octanol–water partition coefficient (Wildman–Crippen LogP) is 18.9. The summed E-state index contributed by atoms with van der Waals surface area (Å²) in [6.07, 6.45) is 77.7. The number of hydrogen-bond donors (Lipinski definition) is 0. The van der Waals surface area contributed by atoms with E-state index in [4.69, 9.17) is 14.2 Å². The number of carbonyl (C=O) groups excluding carboxylic acids is 3. The summed E-state index contributed by atoms with van der Waals surface area (Å²) in [4.78, 5) is 38.0. The molecule has 0 rings (SSSR count). The highest BCUT2D eigenvalue weighted by atomic mass is 16.6. The zero-order valence-corrected chi connectivity index (χ0v) is 44.5. The van der Waals surface area contributed by atoms with E-state index in [1.165, 1.54) is 64.2 Å². The molecule has 0 aliphatic heterocycles. The van der Waals surface area contributed by atoms with Gasteiger partial charge in [0.15, 0.2) is 6.10 Å². The van der Waals surface area contributed by atoms with Gasteiger partial charge in [0.25, 0.3) is 0 Å². The molecule has 0 aromatic rings. The third-order valence-corrected chi connectivity index (χ3v) is 11.5. The molecule has 0 heterocycles. The Kier molecular flexibility index (Phi) is 53.0. The van der Waals surface area contributed by atoms with Crippen LogP contribution in [-0.4, -0.2) is 37.2 Å². The van der Waals surface area contributed by atoms with Crippen molar-refractivity contribution in [1.82, 2.24) is 0 Å². The van der Waals surface area contributed by atoms with Crippen molar-refractivity contribution in [3.63, 3.8) is 0 Å². The van der Waals surface area contributed by atoms with Gasteiger partial charge in [0.2, 0.25) is 0 Å². The first-order valence-electron chi connectivity index (χ1n) is 28.0. The van der Waals surface area contributed by atoms with Crippen molar-refractivity contribution in [1.29, 1.82) is 0 Å². The lowest BCUT2D eigenvalue weighted by Gasteiger charge is -2.18. The molecular formula is C63H102O6. The van der Waals surface area contributed by atoms with Crippen LogP contribution in [0.5, 0.6) is 0 Å². The van der Waals surface area contributed by atoms with Gasteiger partial charge in [-0.05, 0) is 116 Å². The zero-order valence-electron chi connectivity index (χ0n) is 44.5. The first kappa shape index (κ1) is 64.8. The Morgan fingerprint density at radius 1 is 0.304 bits per heavy atom. The van der Waals surface area contributed by atoms with Crippen LogP contribution in [0, 0.1) is 0 Å². The molecule has 69 heavy (non-hydrogen) atoms. The fourth-order valence-corrected chi connectivity index (χ4v) is 7.25. The van der Waals surface area contributed by atoms with Crippen molar-refractivity contribution in [3.8, 4) is 0 Å². The molecule has 0 aliphatic carbocycles. The summed E-state index contributed by atoms with van der Waals surface area (Å²) in [5.74, 6) is -0.966. The van der Waals surface area contributed by atoms with Gasteiger partial charge in [0.1, 0.15) is 13.2 Å². The van der Waals surface area contributed by atoms with Gasteiger partial charge in [-0.15, -0.1) is 0 Å². The van der Waals surface area contributed by atoms with Gasteiger partial charge in [-0.3, -0.25) is 14.4 Å². The van der Waals surface area contributed by atoms with Crippen LogP contribution in [0.4, 0.5) is 0 Å². The largest absolute Gasteiger partial charge is 0.462 e. The summed E-state index contributed by atoms with van der Waals surface area (Å²) >= 11 is 0. The lowest BCUT2D eigenvalue weighted by atomic mass is 10.1. The molecule has 0 aliphatic rings. The quantitative estimate of drug-likeness (QED) is 0.0262. The summed E-state index contributed by atoms with van der Waals surface area (Å²) in [5.41, 5.74) is 0. The fraction of sp³-hybridized carbons (Fsp3) is 0.635. The summed E-state index contributed by atoms with van der Waals surface area (Å²) in [6.45, 7) is 6.42. The van der Waals surface area contributed by atoms with E-state index in [-0.39, 0.29) is 31.1 Å². The second-order valence-electron chi connectivity index (χ2n) is 18.1.